The van der Waals surface area contributed by atoms with E-state index < -0.39 is 0 Å². The van der Waals surface area contributed by atoms with Crippen LogP contribution in [0.3, 0.4) is 0 Å². The van der Waals surface area contributed by atoms with Gasteiger partial charge in [-0.2, -0.15) is 5.26 Å². The molecule has 2 aromatic heterocycles. The van der Waals surface area contributed by atoms with Crippen LogP contribution in [-0.4, -0.2) is 20.8 Å². The van der Waals surface area contributed by atoms with Crippen molar-refractivity contribution in [2.75, 3.05) is 5.75 Å². The number of rotatable bonds is 4. The van der Waals surface area contributed by atoms with Gasteiger partial charge in [-0.15, -0.1) is 11.3 Å². The number of thioether (sulfide) groups is 1. The second-order valence-corrected chi connectivity index (χ2v) is 6.40. The van der Waals surface area contributed by atoms with E-state index in [1.807, 2.05) is 42.5 Å². The first-order valence-corrected chi connectivity index (χ1v) is 8.30. The minimum absolute atomic E-state index is 0.0252. The molecule has 0 amide bonds. The fourth-order valence-corrected chi connectivity index (χ4v) is 3.58. The topological polar surface area (TPSA) is 69.8 Å². The maximum atomic E-state index is 10.2. The summed E-state index contributed by atoms with van der Waals surface area (Å²) in [6.07, 6.45) is 1.70. The number of aromatic nitrogens is 2. The highest BCUT2D eigenvalue weighted by atomic mass is 32.2. The Bertz CT molecular complexity index is 833. The van der Waals surface area contributed by atoms with E-state index in [1.165, 1.54) is 23.1 Å². The van der Waals surface area contributed by atoms with E-state index in [-0.39, 0.29) is 17.1 Å². The summed E-state index contributed by atoms with van der Waals surface area (Å²) >= 11 is 2.78. The molecule has 0 aliphatic rings. The van der Waals surface area contributed by atoms with Crippen LogP contribution in [0.15, 0.2) is 59.4 Å². The molecule has 0 unspecified atom stereocenters. The zero-order valence-electron chi connectivity index (χ0n) is 11.4. The van der Waals surface area contributed by atoms with Crippen molar-refractivity contribution in [3.63, 3.8) is 0 Å². The number of fused-ring (bicyclic) bond motifs is 1. The Morgan fingerprint density at radius 3 is 2.77 bits per heavy atom. The van der Waals surface area contributed by atoms with E-state index in [0.717, 1.165) is 15.2 Å². The lowest BCUT2D eigenvalue weighted by molar-refractivity contribution is 0.421. The van der Waals surface area contributed by atoms with E-state index in [2.05, 4.69) is 16.0 Å². The first-order chi connectivity index (χ1) is 10.8. The molecule has 0 aliphatic heterocycles. The predicted molar refractivity (Wildman–Crippen MR) is 89.7 cm³/mol. The van der Waals surface area contributed by atoms with Gasteiger partial charge in [-0.05, 0) is 24.3 Å². The van der Waals surface area contributed by atoms with E-state index >= 15 is 0 Å². The van der Waals surface area contributed by atoms with Gasteiger partial charge in [-0.3, -0.25) is 0 Å². The lowest BCUT2D eigenvalue weighted by Gasteiger charge is -2.02. The quantitative estimate of drug-likeness (QED) is 0.440. The predicted octanol–water partition coefficient (Wildman–Crippen LogP) is 4.28. The van der Waals surface area contributed by atoms with Gasteiger partial charge in [0.15, 0.2) is 0 Å². The van der Waals surface area contributed by atoms with Crippen LogP contribution in [0.1, 0.15) is 5.01 Å². The number of thiazole rings is 1. The van der Waals surface area contributed by atoms with Crippen molar-refractivity contribution in [1.82, 2.24) is 9.97 Å². The highest BCUT2D eigenvalue weighted by Crippen LogP contribution is 2.29. The third-order valence-corrected chi connectivity index (χ3v) is 4.91. The van der Waals surface area contributed by atoms with Gasteiger partial charge < -0.3 is 5.11 Å². The van der Waals surface area contributed by atoms with Crippen molar-refractivity contribution >= 4 is 38.9 Å². The molecule has 3 rings (SSSR count). The van der Waals surface area contributed by atoms with E-state index in [0.29, 0.717) is 5.01 Å². The fraction of sp³-hybridized carbons (Fsp3) is 0.0625. The van der Waals surface area contributed by atoms with Crippen LogP contribution in [0, 0.1) is 11.3 Å². The third kappa shape index (κ3) is 3.11. The third-order valence-electron chi connectivity index (χ3n) is 2.90. The Hall–Kier alpha value is -2.36. The summed E-state index contributed by atoms with van der Waals surface area (Å²) in [5, 5.41) is 20.9. The molecule has 0 radical (unpaired) electrons. The zero-order valence-corrected chi connectivity index (χ0v) is 13.1. The molecule has 1 aromatic carbocycles. The van der Waals surface area contributed by atoms with E-state index in [4.69, 9.17) is 0 Å². The average molecular weight is 325 g/mol. The number of pyridine rings is 1. The molecule has 108 valence electrons. The Balaban J connectivity index is 1.86. The van der Waals surface area contributed by atoms with Crippen molar-refractivity contribution < 1.29 is 5.11 Å². The number of hydrogen-bond acceptors (Lipinski definition) is 6. The minimum atomic E-state index is 0.0252. The van der Waals surface area contributed by atoms with Crippen molar-refractivity contribution in [3.05, 3.63) is 59.4 Å². The average Bonchev–Trinajstić information content (AvgIpc) is 2.98. The second kappa shape index (κ2) is 6.60. The number of hydrogen-bond donors (Lipinski definition) is 1. The largest absolute Gasteiger partial charge is 0.510 e. The lowest BCUT2D eigenvalue weighted by atomic mass is 10.2. The molecule has 1 N–H and O–H groups in total. The monoisotopic (exact) mass is 325 g/mol. The van der Waals surface area contributed by atoms with Gasteiger partial charge in [-0.1, -0.05) is 30.0 Å². The van der Waals surface area contributed by atoms with Crippen LogP contribution in [0.25, 0.3) is 15.8 Å². The van der Waals surface area contributed by atoms with Crippen molar-refractivity contribution in [2.45, 2.75) is 5.03 Å². The molecule has 0 saturated heterocycles. The molecule has 0 aliphatic carbocycles. The smallest absolute Gasteiger partial charge is 0.138 e. The summed E-state index contributed by atoms with van der Waals surface area (Å²) in [6, 6.07) is 15.3. The van der Waals surface area contributed by atoms with Crippen molar-refractivity contribution in [1.29, 1.82) is 5.26 Å². The van der Waals surface area contributed by atoms with Gasteiger partial charge in [0, 0.05) is 6.20 Å². The second-order valence-electron chi connectivity index (χ2n) is 4.38. The summed E-state index contributed by atoms with van der Waals surface area (Å²) in [7, 11) is 0. The maximum Gasteiger partial charge on any atom is 0.138 e. The van der Waals surface area contributed by atoms with E-state index in [9.17, 15) is 10.4 Å². The van der Waals surface area contributed by atoms with Crippen LogP contribution in [0.2, 0.25) is 0 Å². The molecule has 6 heteroatoms. The van der Waals surface area contributed by atoms with Crippen LogP contribution in [0.4, 0.5) is 0 Å². The normalized spacial score (nSPS) is 12.0. The Kier molecular flexibility index (Phi) is 4.37. The van der Waals surface area contributed by atoms with Crippen LogP contribution in [-0.2, 0) is 0 Å². The zero-order chi connectivity index (χ0) is 15.4. The Morgan fingerprint density at radius 2 is 2.05 bits per heavy atom. The molecule has 0 bridgehead atoms. The number of nitriles is 1. The van der Waals surface area contributed by atoms with Gasteiger partial charge in [0.05, 0.1) is 21.0 Å². The molecule has 0 fully saturated rings. The SMILES string of the molecule is N#C/C(=C(\O)CSc1ccccn1)c1nc2ccccc2s1. The van der Waals surface area contributed by atoms with Crippen LogP contribution < -0.4 is 0 Å². The summed E-state index contributed by atoms with van der Waals surface area (Å²) in [5.74, 6) is 0.313. The number of allylic oxidation sites excluding steroid dienone is 1. The summed E-state index contributed by atoms with van der Waals surface area (Å²) in [5.41, 5.74) is 1.06. The Labute approximate surface area is 135 Å². The minimum Gasteiger partial charge on any atom is -0.510 e. The van der Waals surface area contributed by atoms with Crippen molar-refractivity contribution in [2.24, 2.45) is 0 Å². The number of nitrogens with zero attached hydrogens (tertiary/aromatic N) is 3. The molecule has 22 heavy (non-hydrogen) atoms. The maximum absolute atomic E-state index is 10.2. The number of para-hydroxylation sites is 1. The number of benzene rings is 1. The number of aliphatic hydroxyl groups excluding tert-OH is 1. The van der Waals surface area contributed by atoms with Gasteiger partial charge in [0.2, 0.25) is 0 Å². The first-order valence-electron chi connectivity index (χ1n) is 6.50. The summed E-state index contributed by atoms with van der Waals surface area (Å²) in [4.78, 5) is 8.59. The molecule has 2 heterocycles. The standard InChI is InChI=1S/C16H11N3OS2/c17-9-11(13(20)10-21-15-7-3-4-8-18-15)16-19-12-5-1-2-6-14(12)22-16/h1-8,20H,10H2/b13-11+. The summed E-state index contributed by atoms with van der Waals surface area (Å²) in [6.45, 7) is 0. The van der Waals surface area contributed by atoms with Crippen LogP contribution >= 0.6 is 23.1 Å². The summed E-state index contributed by atoms with van der Waals surface area (Å²) < 4.78 is 0.996. The molecule has 0 saturated carbocycles. The van der Waals surface area contributed by atoms with Crippen molar-refractivity contribution in [3.8, 4) is 6.07 Å². The molecule has 4 nitrogen and oxygen atoms in total. The molecule has 0 spiro atoms. The van der Waals surface area contributed by atoms with E-state index in [1.54, 1.807) is 6.20 Å². The lowest BCUT2D eigenvalue weighted by Crippen LogP contribution is -1.93. The molecule has 3 aromatic rings. The Morgan fingerprint density at radius 1 is 1.23 bits per heavy atom. The molecule has 0 atom stereocenters. The molecular formula is C16H11N3OS2. The number of aliphatic hydroxyl groups is 1. The fourth-order valence-electron chi connectivity index (χ4n) is 1.86. The first kappa shape index (κ1) is 14.6. The highest BCUT2D eigenvalue weighted by molar-refractivity contribution is 7.99. The van der Waals surface area contributed by atoms with Gasteiger partial charge in [-0.25, -0.2) is 9.97 Å². The van der Waals surface area contributed by atoms with Crippen LogP contribution in [0.5, 0.6) is 0 Å². The molecular weight excluding hydrogens is 314 g/mol. The van der Waals surface area contributed by atoms with Gasteiger partial charge >= 0.3 is 0 Å². The van der Waals surface area contributed by atoms with Gasteiger partial charge in [0.25, 0.3) is 0 Å². The van der Waals surface area contributed by atoms with Gasteiger partial charge in [0.1, 0.15) is 22.4 Å². The highest BCUT2D eigenvalue weighted by Gasteiger charge is 2.14.